The standard InChI is InChI=1S/C22H26BClN2O3/c1-20(2)15-11-13(23-28-21(3,4)22(5,6)29-23)7-10-18(15)26(19(20)27)14-8-9-17(25)16(24)12-14/h7-12H,25H2,1-6H3. The third-order valence-corrected chi connectivity index (χ3v) is 6.77. The lowest BCUT2D eigenvalue weighted by Crippen LogP contribution is -2.41. The van der Waals surface area contributed by atoms with Crippen LogP contribution in [0.5, 0.6) is 0 Å². The zero-order chi connectivity index (χ0) is 21.4. The van der Waals surface area contributed by atoms with E-state index in [9.17, 15) is 4.79 Å². The zero-order valence-corrected chi connectivity index (χ0v) is 18.4. The second kappa shape index (κ2) is 6.24. The van der Waals surface area contributed by atoms with Crippen LogP contribution in [0.3, 0.4) is 0 Å². The summed E-state index contributed by atoms with van der Waals surface area (Å²) >= 11 is 6.21. The fraction of sp³-hybridized carbons (Fsp3) is 0.409. The number of fused-ring (bicyclic) bond motifs is 1. The molecule has 0 atom stereocenters. The first-order chi connectivity index (χ1) is 13.3. The maximum absolute atomic E-state index is 13.3. The molecule has 2 aliphatic rings. The average Bonchev–Trinajstić information content (AvgIpc) is 2.97. The molecule has 1 saturated heterocycles. The van der Waals surface area contributed by atoms with Crippen LogP contribution in [0.25, 0.3) is 0 Å². The van der Waals surface area contributed by atoms with Crippen molar-refractivity contribution in [2.45, 2.75) is 58.2 Å². The summed E-state index contributed by atoms with van der Waals surface area (Å²) in [6, 6.07) is 11.2. The number of nitrogens with zero attached hydrogens (tertiary/aromatic N) is 1. The Bertz CT molecular complexity index is 1000. The number of hydrogen-bond acceptors (Lipinski definition) is 4. The summed E-state index contributed by atoms with van der Waals surface area (Å²) in [5.74, 6) is -0.0144. The first-order valence-corrected chi connectivity index (χ1v) is 10.1. The Morgan fingerprint density at radius 3 is 2.17 bits per heavy atom. The van der Waals surface area contributed by atoms with Gasteiger partial charge in [0.25, 0.3) is 0 Å². The van der Waals surface area contributed by atoms with Gasteiger partial charge in [0, 0.05) is 0 Å². The molecule has 0 aromatic heterocycles. The second-order valence-electron chi connectivity index (χ2n) is 9.34. The molecule has 0 aliphatic carbocycles. The van der Waals surface area contributed by atoms with E-state index in [0.29, 0.717) is 16.4 Å². The minimum absolute atomic E-state index is 0.0144. The SMILES string of the molecule is CC1(C)C(=O)N(c2ccc(N)c(Cl)c2)c2ccc(B3OC(C)(C)C(C)(C)O3)cc21. The fourth-order valence-electron chi connectivity index (χ4n) is 3.79. The molecule has 2 aromatic carbocycles. The first-order valence-electron chi connectivity index (χ1n) is 9.75. The third kappa shape index (κ3) is 2.97. The van der Waals surface area contributed by atoms with E-state index >= 15 is 0 Å². The molecule has 2 heterocycles. The number of carbonyl (C=O) groups excluding carboxylic acids is 1. The number of carbonyl (C=O) groups is 1. The fourth-order valence-corrected chi connectivity index (χ4v) is 3.97. The number of nitrogens with two attached hydrogens (primary N) is 1. The van der Waals surface area contributed by atoms with Gasteiger partial charge in [0.2, 0.25) is 5.91 Å². The van der Waals surface area contributed by atoms with E-state index in [0.717, 1.165) is 16.7 Å². The minimum Gasteiger partial charge on any atom is -0.399 e. The number of hydrogen-bond donors (Lipinski definition) is 1. The van der Waals surface area contributed by atoms with Crippen molar-refractivity contribution in [1.29, 1.82) is 0 Å². The molecule has 2 aromatic rings. The van der Waals surface area contributed by atoms with Crippen molar-refractivity contribution in [1.82, 2.24) is 0 Å². The monoisotopic (exact) mass is 412 g/mol. The second-order valence-corrected chi connectivity index (χ2v) is 9.74. The summed E-state index contributed by atoms with van der Waals surface area (Å²) in [6.07, 6.45) is 0. The van der Waals surface area contributed by atoms with Gasteiger partial charge in [-0.25, -0.2) is 0 Å². The molecule has 1 fully saturated rings. The maximum Gasteiger partial charge on any atom is 0.494 e. The number of amides is 1. The molecule has 1 amide bonds. The van der Waals surface area contributed by atoms with E-state index in [-0.39, 0.29) is 5.91 Å². The smallest absolute Gasteiger partial charge is 0.399 e. The van der Waals surface area contributed by atoms with Gasteiger partial charge in [-0.3, -0.25) is 9.69 Å². The molecule has 7 heteroatoms. The van der Waals surface area contributed by atoms with E-state index in [1.165, 1.54) is 0 Å². The summed E-state index contributed by atoms with van der Waals surface area (Å²) in [4.78, 5) is 15.0. The van der Waals surface area contributed by atoms with Gasteiger partial charge in [-0.15, -0.1) is 0 Å². The number of halogens is 1. The Kier molecular flexibility index (Phi) is 4.36. The van der Waals surface area contributed by atoms with Gasteiger partial charge < -0.3 is 15.0 Å². The van der Waals surface area contributed by atoms with Crippen LogP contribution in [-0.2, 0) is 19.5 Å². The lowest BCUT2D eigenvalue weighted by atomic mass is 9.75. The highest BCUT2D eigenvalue weighted by Gasteiger charge is 2.52. The Morgan fingerprint density at radius 2 is 1.59 bits per heavy atom. The van der Waals surface area contributed by atoms with Crippen LogP contribution in [0.2, 0.25) is 5.02 Å². The van der Waals surface area contributed by atoms with Crippen molar-refractivity contribution in [3.63, 3.8) is 0 Å². The molecule has 0 unspecified atom stereocenters. The van der Waals surface area contributed by atoms with E-state index in [1.54, 1.807) is 17.0 Å². The van der Waals surface area contributed by atoms with Crippen LogP contribution in [-0.4, -0.2) is 24.2 Å². The van der Waals surface area contributed by atoms with Crippen LogP contribution in [0.1, 0.15) is 47.1 Å². The predicted octanol–water partition coefficient (Wildman–Crippen LogP) is 4.18. The highest BCUT2D eigenvalue weighted by Crippen LogP contribution is 2.46. The number of benzene rings is 2. The molecule has 152 valence electrons. The lowest BCUT2D eigenvalue weighted by molar-refractivity contribution is -0.121. The highest BCUT2D eigenvalue weighted by molar-refractivity contribution is 6.62. The number of anilines is 3. The molecule has 2 N–H and O–H groups in total. The molecule has 0 radical (unpaired) electrons. The van der Waals surface area contributed by atoms with Crippen LogP contribution in [0.15, 0.2) is 36.4 Å². The van der Waals surface area contributed by atoms with E-state index < -0.39 is 23.7 Å². The van der Waals surface area contributed by atoms with Crippen molar-refractivity contribution in [2.75, 3.05) is 10.6 Å². The van der Waals surface area contributed by atoms with Crippen molar-refractivity contribution in [3.05, 3.63) is 47.0 Å². The molecule has 29 heavy (non-hydrogen) atoms. The number of rotatable bonds is 2. The van der Waals surface area contributed by atoms with Crippen LogP contribution in [0, 0.1) is 0 Å². The third-order valence-electron chi connectivity index (χ3n) is 6.44. The summed E-state index contributed by atoms with van der Waals surface area (Å²) in [5, 5.41) is 0.426. The predicted molar refractivity (Wildman–Crippen MR) is 118 cm³/mol. The molecule has 4 rings (SSSR count). The quantitative estimate of drug-likeness (QED) is 0.594. The molecule has 0 bridgehead atoms. The molecule has 0 saturated carbocycles. The van der Waals surface area contributed by atoms with Crippen molar-refractivity contribution >= 4 is 47.2 Å². The van der Waals surface area contributed by atoms with Gasteiger partial charge in [0.05, 0.1) is 38.7 Å². The van der Waals surface area contributed by atoms with Crippen LogP contribution in [0.4, 0.5) is 17.1 Å². The van der Waals surface area contributed by atoms with Gasteiger partial charge in [-0.2, -0.15) is 0 Å². The van der Waals surface area contributed by atoms with Crippen molar-refractivity contribution < 1.29 is 14.1 Å². The molecule has 5 nitrogen and oxygen atoms in total. The Labute approximate surface area is 177 Å². The summed E-state index contributed by atoms with van der Waals surface area (Å²) < 4.78 is 12.4. The van der Waals surface area contributed by atoms with Gasteiger partial charge in [-0.1, -0.05) is 23.7 Å². The van der Waals surface area contributed by atoms with Crippen LogP contribution >= 0.6 is 11.6 Å². The van der Waals surface area contributed by atoms with E-state index in [4.69, 9.17) is 26.6 Å². The number of nitrogen functional groups attached to an aromatic ring is 1. The molecular formula is C22H26BClN2O3. The summed E-state index contributed by atoms with van der Waals surface area (Å²) in [7, 11) is -0.476. The van der Waals surface area contributed by atoms with Crippen molar-refractivity contribution in [3.8, 4) is 0 Å². The molecule has 2 aliphatic heterocycles. The minimum atomic E-state index is -0.692. The highest BCUT2D eigenvalue weighted by atomic mass is 35.5. The van der Waals surface area contributed by atoms with E-state index in [1.807, 2.05) is 65.8 Å². The first kappa shape index (κ1) is 20.3. The molecular weight excluding hydrogens is 387 g/mol. The van der Waals surface area contributed by atoms with E-state index in [2.05, 4.69) is 0 Å². The summed E-state index contributed by atoms with van der Waals surface area (Å²) in [6.45, 7) is 12.0. The maximum atomic E-state index is 13.3. The largest absolute Gasteiger partial charge is 0.494 e. The lowest BCUT2D eigenvalue weighted by Gasteiger charge is -2.32. The van der Waals surface area contributed by atoms with Gasteiger partial charge in [0.1, 0.15) is 0 Å². The summed E-state index contributed by atoms with van der Waals surface area (Å²) in [5.41, 5.74) is 8.16. The Hall–Kier alpha value is -2.02. The van der Waals surface area contributed by atoms with Gasteiger partial charge in [-0.05, 0) is 76.8 Å². The normalized spacial score (nSPS) is 21.6. The average molecular weight is 413 g/mol. The zero-order valence-electron chi connectivity index (χ0n) is 17.7. The van der Waals surface area contributed by atoms with Crippen LogP contribution < -0.4 is 16.1 Å². The van der Waals surface area contributed by atoms with Gasteiger partial charge >= 0.3 is 7.12 Å². The van der Waals surface area contributed by atoms with Crippen molar-refractivity contribution in [2.24, 2.45) is 0 Å². The Morgan fingerprint density at radius 1 is 0.966 bits per heavy atom. The molecule has 0 spiro atoms. The Balaban J connectivity index is 1.77. The topological polar surface area (TPSA) is 64.8 Å². The van der Waals surface area contributed by atoms with Gasteiger partial charge in [0.15, 0.2) is 0 Å².